The van der Waals surface area contributed by atoms with Crippen molar-refractivity contribution in [1.82, 2.24) is 5.32 Å². The highest BCUT2D eigenvalue weighted by Gasteiger charge is 2.15. The first-order valence-corrected chi connectivity index (χ1v) is 5.07. The number of carbonyl (C=O) groups is 1. The average molecular weight is 202 g/mol. The van der Waals surface area contributed by atoms with Crippen LogP contribution in [0.15, 0.2) is 0 Å². The Morgan fingerprint density at radius 3 is 2.50 bits per heavy atom. The van der Waals surface area contributed by atoms with Crippen molar-refractivity contribution in [1.29, 1.82) is 0 Å². The summed E-state index contributed by atoms with van der Waals surface area (Å²) in [7, 11) is 0. The Kier molecular flexibility index (Phi) is 5.53. The topological polar surface area (TPSA) is 64.3 Å². The Bertz CT molecular complexity index is 175. The third-order valence-electron chi connectivity index (χ3n) is 1.71. The fourth-order valence-electron chi connectivity index (χ4n) is 0.878. The first kappa shape index (κ1) is 13.2. The number of ether oxygens (including phenoxy) is 1. The van der Waals surface area contributed by atoms with Crippen molar-refractivity contribution in [3.63, 3.8) is 0 Å². The molecular weight excluding hydrogens is 180 g/mol. The zero-order valence-corrected chi connectivity index (χ0v) is 9.59. The molecule has 0 saturated heterocycles. The van der Waals surface area contributed by atoms with Gasteiger partial charge in [0.1, 0.15) is 5.60 Å². The van der Waals surface area contributed by atoms with Crippen LogP contribution in [0.2, 0.25) is 0 Å². The molecule has 4 heteroatoms. The second-order valence-electron chi connectivity index (χ2n) is 4.39. The molecule has 0 aliphatic carbocycles. The van der Waals surface area contributed by atoms with E-state index >= 15 is 0 Å². The van der Waals surface area contributed by atoms with Gasteiger partial charge in [0.15, 0.2) is 0 Å². The van der Waals surface area contributed by atoms with E-state index in [1.807, 2.05) is 27.7 Å². The standard InChI is InChI=1S/C10H22N2O2/c1-5-8(11)6-7-12-9(13)14-10(2,3)4/h8H,5-7,11H2,1-4H3,(H,12,13)/t8-/m0/s1. The van der Waals surface area contributed by atoms with E-state index < -0.39 is 5.60 Å². The second-order valence-corrected chi connectivity index (χ2v) is 4.39. The molecule has 14 heavy (non-hydrogen) atoms. The van der Waals surface area contributed by atoms with Crippen molar-refractivity contribution < 1.29 is 9.53 Å². The summed E-state index contributed by atoms with van der Waals surface area (Å²) >= 11 is 0. The lowest BCUT2D eigenvalue weighted by molar-refractivity contribution is 0.0526. The van der Waals surface area contributed by atoms with Crippen molar-refractivity contribution in [3.8, 4) is 0 Å². The number of carbonyl (C=O) groups excluding carboxylic acids is 1. The molecule has 84 valence electrons. The number of amides is 1. The second kappa shape index (κ2) is 5.86. The summed E-state index contributed by atoms with van der Waals surface area (Å²) in [5, 5.41) is 2.66. The molecule has 3 N–H and O–H groups in total. The minimum atomic E-state index is -0.434. The lowest BCUT2D eigenvalue weighted by atomic mass is 10.2. The van der Waals surface area contributed by atoms with Crippen LogP contribution in [0, 0.1) is 0 Å². The number of nitrogens with two attached hydrogens (primary N) is 1. The van der Waals surface area contributed by atoms with Crippen LogP contribution in [0.5, 0.6) is 0 Å². The summed E-state index contributed by atoms with van der Waals surface area (Å²) in [6, 6.07) is 0.157. The van der Waals surface area contributed by atoms with Gasteiger partial charge in [0.2, 0.25) is 0 Å². The van der Waals surface area contributed by atoms with Crippen molar-refractivity contribution in [2.45, 2.75) is 52.2 Å². The lowest BCUT2D eigenvalue weighted by Crippen LogP contribution is -2.35. The molecule has 0 aromatic carbocycles. The van der Waals surface area contributed by atoms with Gasteiger partial charge < -0.3 is 15.8 Å². The maximum absolute atomic E-state index is 11.2. The molecule has 0 aromatic rings. The van der Waals surface area contributed by atoms with Gasteiger partial charge in [0.05, 0.1) is 0 Å². The van der Waals surface area contributed by atoms with E-state index in [-0.39, 0.29) is 12.1 Å². The van der Waals surface area contributed by atoms with Gasteiger partial charge >= 0.3 is 6.09 Å². The molecule has 0 aliphatic heterocycles. The van der Waals surface area contributed by atoms with Gasteiger partial charge in [-0.1, -0.05) is 6.92 Å². The van der Waals surface area contributed by atoms with Crippen LogP contribution >= 0.6 is 0 Å². The van der Waals surface area contributed by atoms with Crippen LogP contribution in [-0.2, 0) is 4.74 Å². The van der Waals surface area contributed by atoms with Crippen molar-refractivity contribution in [3.05, 3.63) is 0 Å². The molecular formula is C10H22N2O2. The first-order valence-electron chi connectivity index (χ1n) is 5.07. The van der Waals surface area contributed by atoms with Gasteiger partial charge in [-0.2, -0.15) is 0 Å². The smallest absolute Gasteiger partial charge is 0.407 e. The molecule has 0 saturated carbocycles. The first-order chi connectivity index (χ1) is 6.35. The summed E-state index contributed by atoms with van der Waals surface area (Å²) in [5.74, 6) is 0. The number of alkyl carbamates (subject to hydrolysis) is 1. The molecule has 0 spiro atoms. The van der Waals surface area contributed by atoms with E-state index in [9.17, 15) is 4.79 Å². The van der Waals surface area contributed by atoms with Crippen LogP contribution in [0.3, 0.4) is 0 Å². The number of nitrogens with one attached hydrogen (secondary N) is 1. The van der Waals surface area contributed by atoms with Crippen LogP contribution in [0.4, 0.5) is 4.79 Å². The summed E-state index contributed by atoms with van der Waals surface area (Å²) in [5.41, 5.74) is 5.26. The number of hydrogen-bond acceptors (Lipinski definition) is 3. The van der Waals surface area contributed by atoms with E-state index in [1.54, 1.807) is 0 Å². The van der Waals surface area contributed by atoms with Gasteiger partial charge in [0.25, 0.3) is 0 Å². The van der Waals surface area contributed by atoms with Gasteiger partial charge in [-0.3, -0.25) is 0 Å². The zero-order chi connectivity index (χ0) is 11.2. The van der Waals surface area contributed by atoms with E-state index in [2.05, 4.69) is 5.32 Å². The molecule has 4 nitrogen and oxygen atoms in total. The molecule has 1 atom stereocenters. The average Bonchev–Trinajstić information content (AvgIpc) is 2.00. The fourth-order valence-corrected chi connectivity index (χ4v) is 0.878. The summed E-state index contributed by atoms with van der Waals surface area (Å²) in [6.45, 7) is 8.11. The Labute approximate surface area is 86.2 Å². The summed E-state index contributed by atoms with van der Waals surface area (Å²) < 4.78 is 5.06. The normalized spacial score (nSPS) is 13.5. The molecule has 0 heterocycles. The largest absolute Gasteiger partial charge is 0.444 e. The van der Waals surface area contributed by atoms with Gasteiger partial charge in [-0.15, -0.1) is 0 Å². The third kappa shape index (κ3) is 7.86. The maximum Gasteiger partial charge on any atom is 0.407 e. The monoisotopic (exact) mass is 202 g/mol. The van der Waals surface area contributed by atoms with E-state index in [1.165, 1.54) is 0 Å². The van der Waals surface area contributed by atoms with E-state index in [4.69, 9.17) is 10.5 Å². The molecule has 0 unspecified atom stereocenters. The van der Waals surface area contributed by atoms with Crippen molar-refractivity contribution >= 4 is 6.09 Å². The van der Waals surface area contributed by atoms with E-state index in [0.717, 1.165) is 12.8 Å². The summed E-state index contributed by atoms with van der Waals surface area (Å²) in [4.78, 5) is 11.2. The van der Waals surface area contributed by atoms with Crippen molar-refractivity contribution in [2.24, 2.45) is 5.73 Å². The van der Waals surface area contributed by atoms with Crippen LogP contribution < -0.4 is 11.1 Å². The number of rotatable bonds is 4. The number of hydrogen-bond donors (Lipinski definition) is 2. The van der Waals surface area contributed by atoms with Crippen LogP contribution in [-0.4, -0.2) is 24.3 Å². The van der Waals surface area contributed by atoms with Crippen LogP contribution in [0.25, 0.3) is 0 Å². The minimum absolute atomic E-state index is 0.157. The Morgan fingerprint density at radius 2 is 2.07 bits per heavy atom. The van der Waals surface area contributed by atoms with Crippen molar-refractivity contribution in [2.75, 3.05) is 6.54 Å². The molecule has 0 rings (SSSR count). The molecule has 0 fully saturated rings. The predicted molar refractivity (Wildman–Crippen MR) is 57.1 cm³/mol. The fraction of sp³-hybridized carbons (Fsp3) is 0.900. The molecule has 0 bridgehead atoms. The quantitative estimate of drug-likeness (QED) is 0.728. The highest BCUT2D eigenvalue weighted by Crippen LogP contribution is 2.06. The molecule has 0 radical (unpaired) electrons. The molecule has 0 aliphatic rings. The van der Waals surface area contributed by atoms with Gasteiger partial charge in [0, 0.05) is 12.6 Å². The van der Waals surface area contributed by atoms with Gasteiger partial charge in [-0.05, 0) is 33.6 Å². The zero-order valence-electron chi connectivity index (χ0n) is 9.59. The minimum Gasteiger partial charge on any atom is -0.444 e. The molecule has 0 aromatic heterocycles. The predicted octanol–water partition coefficient (Wildman–Crippen LogP) is 1.64. The SMILES string of the molecule is CC[C@H](N)CCNC(=O)OC(C)(C)C. The highest BCUT2D eigenvalue weighted by atomic mass is 16.6. The Hall–Kier alpha value is -0.770. The lowest BCUT2D eigenvalue weighted by Gasteiger charge is -2.20. The van der Waals surface area contributed by atoms with E-state index in [0.29, 0.717) is 6.54 Å². The molecule has 1 amide bonds. The van der Waals surface area contributed by atoms with Gasteiger partial charge in [-0.25, -0.2) is 4.79 Å². The Balaban J connectivity index is 3.55. The third-order valence-corrected chi connectivity index (χ3v) is 1.71. The van der Waals surface area contributed by atoms with Crippen LogP contribution in [0.1, 0.15) is 40.5 Å². The summed E-state index contributed by atoms with van der Waals surface area (Å²) in [6.07, 6.45) is 1.34. The Morgan fingerprint density at radius 1 is 1.50 bits per heavy atom. The highest BCUT2D eigenvalue weighted by molar-refractivity contribution is 5.67. The maximum atomic E-state index is 11.2.